The summed E-state index contributed by atoms with van der Waals surface area (Å²) in [4.78, 5) is 23.7. The van der Waals surface area contributed by atoms with Crippen LogP contribution in [0, 0.1) is 0 Å². The van der Waals surface area contributed by atoms with Crippen LogP contribution in [0.25, 0.3) is 17.4 Å². The minimum absolute atomic E-state index is 0.0838. The van der Waals surface area contributed by atoms with E-state index in [1.54, 1.807) is 10.8 Å². The lowest BCUT2D eigenvalue weighted by Crippen LogP contribution is -2.24. The van der Waals surface area contributed by atoms with E-state index in [1.807, 2.05) is 19.1 Å². The summed E-state index contributed by atoms with van der Waals surface area (Å²) in [6, 6.07) is 0.269. The highest BCUT2D eigenvalue weighted by molar-refractivity contribution is 5.67. The predicted molar refractivity (Wildman–Crippen MR) is 75.0 cm³/mol. The van der Waals surface area contributed by atoms with Gasteiger partial charge in [-0.05, 0) is 25.8 Å². The number of aromatic amines is 1. The topological polar surface area (TPSA) is 63.6 Å². The number of fused-ring (bicyclic) bond motifs is 1. The Morgan fingerprint density at radius 1 is 1.37 bits per heavy atom. The van der Waals surface area contributed by atoms with Gasteiger partial charge in [0, 0.05) is 6.04 Å². The Kier molecular flexibility index (Phi) is 3.19. The van der Waals surface area contributed by atoms with Crippen molar-refractivity contribution in [1.82, 2.24) is 19.5 Å². The van der Waals surface area contributed by atoms with E-state index in [2.05, 4.69) is 15.0 Å². The molecule has 2 aromatic rings. The van der Waals surface area contributed by atoms with Gasteiger partial charge >= 0.3 is 5.69 Å². The van der Waals surface area contributed by atoms with Crippen molar-refractivity contribution in [1.29, 1.82) is 0 Å². The van der Waals surface area contributed by atoms with Crippen LogP contribution in [0.4, 0.5) is 0 Å². The van der Waals surface area contributed by atoms with E-state index in [1.165, 1.54) is 19.3 Å². The second-order valence-electron chi connectivity index (χ2n) is 5.06. The van der Waals surface area contributed by atoms with Gasteiger partial charge in [-0.3, -0.25) is 9.55 Å². The van der Waals surface area contributed by atoms with Crippen molar-refractivity contribution in [2.24, 2.45) is 0 Å². The van der Waals surface area contributed by atoms with Crippen molar-refractivity contribution in [3.63, 3.8) is 0 Å². The van der Waals surface area contributed by atoms with Crippen molar-refractivity contribution in [3.05, 3.63) is 28.5 Å². The molecule has 100 valence electrons. The maximum atomic E-state index is 12.1. The van der Waals surface area contributed by atoms with Gasteiger partial charge in [0.1, 0.15) is 0 Å². The zero-order valence-corrected chi connectivity index (χ0v) is 11.1. The molecule has 1 saturated carbocycles. The summed E-state index contributed by atoms with van der Waals surface area (Å²) in [5, 5.41) is 0. The number of hydrogen-bond donors (Lipinski definition) is 1. The monoisotopic (exact) mass is 258 g/mol. The van der Waals surface area contributed by atoms with Crippen LogP contribution in [0.2, 0.25) is 0 Å². The van der Waals surface area contributed by atoms with Crippen LogP contribution in [-0.2, 0) is 0 Å². The Bertz CT molecular complexity index is 662. The van der Waals surface area contributed by atoms with Gasteiger partial charge in [0.2, 0.25) is 0 Å². The Balaban J connectivity index is 2.13. The molecule has 3 rings (SSSR count). The lowest BCUT2D eigenvalue weighted by atomic mass is 9.95. The number of imidazole rings is 1. The average molecular weight is 258 g/mol. The first-order chi connectivity index (χ1) is 9.29. The summed E-state index contributed by atoms with van der Waals surface area (Å²) in [7, 11) is 0. The Hall–Kier alpha value is -1.91. The molecule has 0 aromatic carbocycles. The third-order valence-corrected chi connectivity index (χ3v) is 3.72. The molecule has 5 nitrogen and oxygen atoms in total. The summed E-state index contributed by atoms with van der Waals surface area (Å²) in [6.45, 7) is 1.94. The molecule has 0 radical (unpaired) electrons. The van der Waals surface area contributed by atoms with Gasteiger partial charge in [0.25, 0.3) is 0 Å². The maximum absolute atomic E-state index is 12.1. The molecule has 1 fully saturated rings. The predicted octanol–water partition coefficient (Wildman–Crippen LogP) is 2.66. The van der Waals surface area contributed by atoms with Crippen LogP contribution < -0.4 is 5.69 Å². The molecule has 2 aromatic heterocycles. The molecule has 1 N–H and O–H groups in total. The molecule has 2 heterocycles. The molecule has 0 aliphatic heterocycles. The molecule has 0 amide bonds. The summed E-state index contributed by atoms with van der Waals surface area (Å²) < 4.78 is 1.80. The fourth-order valence-electron chi connectivity index (χ4n) is 2.84. The van der Waals surface area contributed by atoms with E-state index < -0.39 is 0 Å². The highest BCUT2D eigenvalue weighted by atomic mass is 16.1. The Labute approximate surface area is 111 Å². The highest BCUT2D eigenvalue weighted by Gasteiger charge is 2.21. The van der Waals surface area contributed by atoms with E-state index in [-0.39, 0.29) is 11.7 Å². The standard InChI is InChI=1S/C14H18N4O/c1-2-6-10-9-15-12-13(16-10)18(14(19)17-12)11-7-4-3-5-8-11/h2,6,9,11H,3-5,7-8H2,1H3,(H,15,17,19). The number of rotatable bonds is 2. The molecule has 1 aliphatic carbocycles. The molecule has 0 unspecified atom stereocenters. The Morgan fingerprint density at radius 2 is 2.16 bits per heavy atom. The van der Waals surface area contributed by atoms with Crippen molar-refractivity contribution in [3.8, 4) is 0 Å². The summed E-state index contributed by atoms with van der Waals surface area (Å²) >= 11 is 0. The molecule has 5 heteroatoms. The average Bonchev–Trinajstić information content (AvgIpc) is 2.75. The van der Waals surface area contributed by atoms with E-state index in [0.717, 1.165) is 18.5 Å². The molecule has 0 saturated heterocycles. The molecule has 0 spiro atoms. The number of allylic oxidation sites excluding steroid dienone is 1. The van der Waals surface area contributed by atoms with Crippen LogP contribution in [-0.4, -0.2) is 19.5 Å². The van der Waals surface area contributed by atoms with Crippen LogP contribution >= 0.6 is 0 Å². The first-order valence-electron chi connectivity index (χ1n) is 6.89. The van der Waals surface area contributed by atoms with Gasteiger partial charge in [0.15, 0.2) is 11.3 Å². The lowest BCUT2D eigenvalue weighted by Gasteiger charge is -2.22. The lowest BCUT2D eigenvalue weighted by molar-refractivity contribution is 0.352. The Morgan fingerprint density at radius 3 is 2.89 bits per heavy atom. The zero-order chi connectivity index (χ0) is 13.2. The van der Waals surface area contributed by atoms with Crippen molar-refractivity contribution in [2.45, 2.75) is 45.1 Å². The third kappa shape index (κ3) is 2.20. The molecule has 0 atom stereocenters. The smallest absolute Gasteiger partial charge is 0.289 e. The number of nitrogens with zero attached hydrogens (tertiary/aromatic N) is 3. The second-order valence-corrected chi connectivity index (χ2v) is 5.06. The van der Waals surface area contributed by atoms with E-state index in [0.29, 0.717) is 11.3 Å². The van der Waals surface area contributed by atoms with Crippen LogP contribution in [0.1, 0.15) is 50.8 Å². The summed E-state index contributed by atoms with van der Waals surface area (Å²) in [6.07, 6.45) is 11.3. The summed E-state index contributed by atoms with van der Waals surface area (Å²) in [5.41, 5.74) is 1.98. The number of H-pyrrole nitrogens is 1. The first-order valence-corrected chi connectivity index (χ1v) is 6.89. The van der Waals surface area contributed by atoms with Crippen molar-refractivity contribution in [2.75, 3.05) is 0 Å². The van der Waals surface area contributed by atoms with Crippen LogP contribution in [0.5, 0.6) is 0 Å². The largest absolute Gasteiger partial charge is 0.329 e. The van der Waals surface area contributed by atoms with Crippen LogP contribution in [0.3, 0.4) is 0 Å². The van der Waals surface area contributed by atoms with Gasteiger partial charge in [-0.15, -0.1) is 0 Å². The van der Waals surface area contributed by atoms with Gasteiger partial charge in [-0.25, -0.2) is 14.8 Å². The molecule has 19 heavy (non-hydrogen) atoms. The quantitative estimate of drug-likeness (QED) is 0.900. The third-order valence-electron chi connectivity index (χ3n) is 3.72. The summed E-state index contributed by atoms with van der Waals surface area (Å²) in [5.74, 6) is 0. The maximum Gasteiger partial charge on any atom is 0.329 e. The number of hydrogen-bond acceptors (Lipinski definition) is 3. The number of nitrogens with one attached hydrogen (secondary N) is 1. The second kappa shape index (κ2) is 4.99. The van der Waals surface area contributed by atoms with Crippen molar-refractivity contribution >= 4 is 17.4 Å². The molecular weight excluding hydrogens is 240 g/mol. The minimum Gasteiger partial charge on any atom is -0.289 e. The molecule has 1 aliphatic rings. The highest BCUT2D eigenvalue weighted by Crippen LogP contribution is 2.28. The fraction of sp³-hybridized carbons (Fsp3) is 0.500. The van der Waals surface area contributed by atoms with Gasteiger partial charge in [-0.1, -0.05) is 25.3 Å². The zero-order valence-electron chi connectivity index (χ0n) is 11.1. The normalized spacial score (nSPS) is 17.5. The fourth-order valence-corrected chi connectivity index (χ4v) is 2.84. The van der Waals surface area contributed by atoms with Crippen LogP contribution in [0.15, 0.2) is 17.1 Å². The number of aromatic nitrogens is 4. The molecular formula is C14H18N4O. The van der Waals surface area contributed by atoms with Gasteiger partial charge in [0.05, 0.1) is 11.9 Å². The first kappa shape index (κ1) is 12.1. The van der Waals surface area contributed by atoms with Crippen molar-refractivity contribution < 1.29 is 0 Å². The SMILES string of the molecule is CC=Cc1cnc2[nH]c(=O)n(C3CCCCC3)c2n1. The molecule has 0 bridgehead atoms. The van der Waals surface area contributed by atoms with Gasteiger partial charge in [-0.2, -0.15) is 0 Å². The minimum atomic E-state index is -0.0838. The van der Waals surface area contributed by atoms with E-state index in [9.17, 15) is 4.79 Å². The van der Waals surface area contributed by atoms with Gasteiger partial charge < -0.3 is 0 Å². The van der Waals surface area contributed by atoms with E-state index >= 15 is 0 Å². The van der Waals surface area contributed by atoms with E-state index in [4.69, 9.17) is 0 Å².